The Bertz CT molecular complexity index is 400. The number of alkyl halides is 3. The maximum atomic E-state index is 12.4. The molecule has 1 rings (SSSR count). The summed E-state index contributed by atoms with van der Waals surface area (Å²) >= 11 is 0. The van der Waals surface area contributed by atoms with Gasteiger partial charge in [0.2, 0.25) is 5.95 Å². The van der Waals surface area contributed by atoms with Gasteiger partial charge in [0.25, 0.3) is 0 Å². The van der Waals surface area contributed by atoms with Crippen LogP contribution in [0.1, 0.15) is 19.5 Å². The number of halogens is 3. The first-order chi connectivity index (χ1) is 7.58. The molecule has 0 atom stereocenters. The van der Waals surface area contributed by atoms with E-state index in [0.29, 0.717) is 0 Å². The van der Waals surface area contributed by atoms with Crippen molar-refractivity contribution >= 4 is 11.8 Å². The summed E-state index contributed by atoms with van der Waals surface area (Å²) in [5, 5.41) is 12.0. The Balaban J connectivity index is 2.91. The van der Waals surface area contributed by atoms with Crippen LogP contribution in [-0.4, -0.2) is 27.2 Å². The number of nitrogens with two attached hydrogens (primary N) is 1. The van der Waals surface area contributed by atoms with Gasteiger partial charge in [0.05, 0.1) is 5.60 Å². The molecule has 0 amide bonds. The highest BCUT2D eigenvalue weighted by atomic mass is 19.4. The molecule has 5 nitrogen and oxygen atoms in total. The molecule has 0 bridgehead atoms. The molecular weight excluding hydrogens is 237 g/mol. The third kappa shape index (κ3) is 4.43. The number of anilines is 2. The van der Waals surface area contributed by atoms with E-state index in [0.717, 1.165) is 6.07 Å². The molecule has 17 heavy (non-hydrogen) atoms. The molecule has 0 fully saturated rings. The van der Waals surface area contributed by atoms with Crippen LogP contribution in [0.5, 0.6) is 0 Å². The second kappa shape index (κ2) is 4.36. The quantitative estimate of drug-likeness (QED) is 0.752. The Morgan fingerprint density at radius 2 is 1.94 bits per heavy atom. The van der Waals surface area contributed by atoms with E-state index in [4.69, 9.17) is 5.73 Å². The standard InChI is InChI=1S/C9H13F3N4O/c1-8(2,17)4-14-6-3-5(9(10,11)12)15-7(13)16-6/h3,17H,4H2,1-2H3,(H3,13,14,15,16). The van der Waals surface area contributed by atoms with E-state index in [1.807, 2.05) is 0 Å². The van der Waals surface area contributed by atoms with Crippen molar-refractivity contribution in [2.24, 2.45) is 0 Å². The van der Waals surface area contributed by atoms with Crippen molar-refractivity contribution in [3.05, 3.63) is 11.8 Å². The summed E-state index contributed by atoms with van der Waals surface area (Å²) in [5.41, 5.74) is 2.98. The summed E-state index contributed by atoms with van der Waals surface area (Å²) in [4.78, 5) is 6.68. The first-order valence-corrected chi connectivity index (χ1v) is 4.76. The van der Waals surface area contributed by atoms with Gasteiger partial charge in [-0.1, -0.05) is 0 Å². The average Bonchev–Trinajstić information content (AvgIpc) is 2.11. The molecule has 0 spiro atoms. The monoisotopic (exact) mass is 250 g/mol. The second-order valence-electron chi connectivity index (χ2n) is 4.16. The van der Waals surface area contributed by atoms with Crippen molar-refractivity contribution < 1.29 is 18.3 Å². The van der Waals surface area contributed by atoms with Gasteiger partial charge in [0.1, 0.15) is 5.82 Å². The molecule has 96 valence electrons. The highest BCUT2D eigenvalue weighted by Crippen LogP contribution is 2.29. The van der Waals surface area contributed by atoms with Gasteiger partial charge in [-0.3, -0.25) is 0 Å². The third-order valence-corrected chi connectivity index (χ3v) is 1.74. The lowest BCUT2D eigenvalue weighted by Gasteiger charge is -2.18. The van der Waals surface area contributed by atoms with Crippen molar-refractivity contribution in [2.45, 2.75) is 25.6 Å². The van der Waals surface area contributed by atoms with E-state index in [-0.39, 0.29) is 12.4 Å². The van der Waals surface area contributed by atoms with Gasteiger partial charge in [0, 0.05) is 12.6 Å². The van der Waals surface area contributed by atoms with E-state index < -0.39 is 23.4 Å². The van der Waals surface area contributed by atoms with Crippen molar-refractivity contribution in [2.75, 3.05) is 17.6 Å². The minimum Gasteiger partial charge on any atom is -0.389 e. The van der Waals surface area contributed by atoms with Crippen LogP contribution in [0, 0.1) is 0 Å². The predicted octanol–water partition coefficient (Wildman–Crippen LogP) is 1.26. The fourth-order valence-electron chi connectivity index (χ4n) is 1.01. The number of nitrogens with one attached hydrogen (secondary N) is 1. The van der Waals surface area contributed by atoms with Gasteiger partial charge in [-0.25, -0.2) is 4.98 Å². The zero-order valence-corrected chi connectivity index (χ0v) is 9.34. The molecule has 0 radical (unpaired) electrons. The minimum atomic E-state index is -4.58. The Kier molecular flexibility index (Phi) is 3.46. The predicted molar refractivity (Wildman–Crippen MR) is 56.2 cm³/mol. The van der Waals surface area contributed by atoms with Crippen LogP contribution >= 0.6 is 0 Å². The van der Waals surface area contributed by atoms with E-state index in [1.54, 1.807) is 0 Å². The molecule has 8 heteroatoms. The maximum absolute atomic E-state index is 12.4. The van der Waals surface area contributed by atoms with Crippen molar-refractivity contribution in [1.29, 1.82) is 0 Å². The van der Waals surface area contributed by atoms with Gasteiger partial charge >= 0.3 is 6.18 Å². The third-order valence-electron chi connectivity index (χ3n) is 1.74. The van der Waals surface area contributed by atoms with Crippen LogP contribution in [0.4, 0.5) is 24.9 Å². The molecule has 0 saturated carbocycles. The lowest BCUT2D eigenvalue weighted by atomic mass is 10.1. The topological polar surface area (TPSA) is 84.1 Å². The SMILES string of the molecule is CC(C)(O)CNc1cc(C(F)(F)F)nc(N)n1. The summed E-state index contributed by atoms with van der Waals surface area (Å²) in [5.74, 6) is -0.551. The van der Waals surface area contributed by atoms with Gasteiger partial charge in [-0.15, -0.1) is 0 Å². The summed E-state index contributed by atoms with van der Waals surface area (Å²) in [6, 6.07) is 0.738. The van der Waals surface area contributed by atoms with Gasteiger partial charge < -0.3 is 16.2 Å². The molecule has 0 aliphatic heterocycles. The molecule has 1 aromatic rings. The molecule has 1 aromatic heterocycles. The zero-order chi connectivity index (χ0) is 13.3. The van der Waals surface area contributed by atoms with Crippen LogP contribution in [0.2, 0.25) is 0 Å². The fourth-order valence-corrected chi connectivity index (χ4v) is 1.01. The summed E-state index contributed by atoms with van der Waals surface area (Å²) in [6.45, 7) is 3.06. The number of hydrogen-bond donors (Lipinski definition) is 3. The summed E-state index contributed by atoms with van der Waals surface area (Å²) < 4.78 is 37.2. The Hall–Kier alpha value is -1.57. The zero-order valence-electron chi connectivity index (χ0n) is 9.34. The Morgan fingerprint density at radius 1 is 1.35 bits per heavy atom. The molecule has 1 heterocycles. The number of hydrogen-bond acceptors (Lipinski definition) is 5. The lowest BCUT2D eigenvalue weighted by Crippen LogP contribution is -2.29. The Morgan fingerprint density at radius 3 is 2.41 bits per heavy atom. The molecule has 0 aliphatic rings. The maximum Gasteiger partial charge on any atom is 0.433 e. The first kappa shape index (κ1) is 13.5. The number of nitrogens with zero attached hydrogens (tertiary/aromatic N) is 2. The van der Waals surface area contributed by atoms with Crippen LogP contribution in [0.15, 0.2) is 6.07 Å². The number of rotatable bonds is 3. The lowest BCUT2D eigenvalue weighted by molar-refractivity contribution is -0.141. The highest BCUT2D eigenvalue weighted by molar-refractivity contribution is 5.41. The smallest absolute Gasteiger partial charge is 0.389 e. The molecule has 0 unspecified atom stereocenters. The van der Waals surface area contributed by atoms with Crippen molar-refractivity contribution in [3.8, 4) is 0 Å². The van der Waals surface area contributed by atoms with Gasteiger partial charge in [-0.2, -0.15) is 18.2 Å². The van der Waals surface area contributed by atoms with Crippen LogP contribution in [0.25, 0.3) is 0 Å². The molecule has 0 saturated heterocycles. The normalized spacial score (nSPS) is 12.6. The van der Waals surface area contributed by atoms with Crippen LogP contribution in [-0.2, 0) is 6.18 Å². The van der Waals surface area contributed by atoms with E-state index >= 15 is 0 Å². The van der Waals surface area contributed by atoms with Crippen LogP contribution in [0.3, 0.4) is 0 Å². The van der Waals surface area contributed by atoms with E-state index in [1.165, 1.54) is 13.8 Å². The van der Waals surface area contributed by atoms with E-state index in [2.05, 4.69) is 15.3 Å². The number of nitrogen functional groups attached to an aromatic ring is 1. The van der Waals surface area contributed by atoms with Gasteiger partial charge in [0.15, 0.2) is 5.69 Å². The fraction of sp³-hybridized carbons (Fsp3) is 0.556. The highest BCUT2D eigenvalue weighted by Gasteiger charge is 2.33. The largest absolute Gasteiger partial charge is 0.433 e. The molecular formula is C9H13F3N4O. The van der Waals surface area contributed by atoms with Crippen molar-refractivity contribution in [1.82, 2.24) is 9.97 Å². The van der Waals surface area contributed by atoms with E-state index in [9.17, 15) is 18.3 Å². The molecule has 0 aromatic carbocycles. The number of aliphatic hydroxyl groups is 1. The number of aromatic nitrogens is 2. The van der Waals surface area contributed by atoms with Crippen LogP contribution < -0.4 is 11.1 Å². The average molecular weight is 250 g/mol. The molecule has 4 N–H and O–H groups in total. The Labute approximate surface area is 95.9 Å². The summed E-state index contributed by atoms with van der Waals surface area (Å²) in [7, 11) is 0. The minimum absolute atomic E-state index is 0.0424. The molecule has 0 aliphatic carbocycles. The first-order valence-electron chi connectivity index (χ1n) is 4.76. The van der Waals surface area contributed by atoms with Crippen molar-refractivity contribution in [3.63, 3.8) is 0 Å². The summed E-state index contributed by atoms with van der Waals surface area (Å²) in [6.07, 6.45) is -4.58. The van der Waals surface area contributed by atoms with Gasteiger partial charge in [-0.05, 0) is 13.8 Å². The second-order valence-corrected chi connectivity index (χ2v) is 4.16.